The zero-order chi connectivity index (χ0) is 19.9. The summed E-state index contributed by atoms with van der Waals surface area (Å²) in [6.07, 6.45) is 0.688. The van der Waals surface area contributed by atoms with Crippen molar-refractivity contribution < 1.29 is 13.9 Å². The maximum Gasteiger partial charge on any atom is 0.290 e. The standard InChI is InChI=1S/C21H23FN4O2/c1-15(17-7-4-3-5-8-17)28-14-6-13-23-21(27)20-24-16(2)26(25-20)19-11-9-18(22)10-12-19/h3-5,7-12,15H,6,13-14H2,1-2H3,(H,23,27)/t15-/m1/s1. The van der Waals surface area contributed by atoms with E-state index in [2.05, 4.69) is 15.4 Å². The first-order valence-corrected chi connectivity index (χ1v) is 9.19. The van der Waals surface area contributed by atoms with E-state index in [1.165, 1.54) is 16.8 Å². The number of benzene rings is 2. The van der Waals surface area contributed by atoms with Crippen molar-refractivity contribution in [1.82, 2.24) is 20.1 Å². The fourth-order valence-electron chi connectivity index (χ4n) is 2.75. The molecule has 0 aliphatic rings. The molecule has 1 aromatic heterocycles. The molecule has 1 N–H and O–H groups in total. The molecule has 0 aliphatic carbocycles. The van der Waals surface area contributed by atoms with E-state index in [0.29, 0.717) is 31.1 Å². The molecule has 3 rings (SSSR count). The van der Waals surface area contributed by atoms with Crippen LogP contribution in [-0.4, -0.2) is 33.8 Å². The van der Waals surface area contributed by atoms with E-state index in [4.69, 9.17) is 4.74 Å². The molecule has 0 unspecified atom stereocenters. The van der Waals surface area contributed by atoms with Crippen LogP contribution in [0, 0.1) is 12.7 Å². The highest BCUT2D eigenvalue weighted by molar-refractivity contribution is 5.90. The molecule has 0 saturated carbocycles. The van der Waals surface area contributed by atoms with Gasteiger partial charge in [0, 0.05) is 13.2 Å². The van der Waals surface area contributed by atoms with Gasteiger partial charge in [0.2, 0.25) is 5.82 Å². The number of rotatable bonds is 8. The molecule has 0 bridgehead atoms. The Balaban J connectivity index is 1.46. The number of carbonyl (C=O) groups excluding carboxylic acids is 1. The predicted octanol–water partition coefficient (Wildman–Crippen LogP) is 3.61. The number of halogens is 1. The van der Waals surface area contributed by atoms with Crippen molar-refractivity contribution >= 4 is 5.91 Å². The third-order valence-corrected chi connectivity index (χ3v) is 4.29. The Labute approximate surface area is 163 Å². The molecule has 0 spiro atoms. The van der Waals surface area contributed by atoms with Crippen LogP contribution in [0.2, 0.25) is 0 Å². The zero-order valence-corrected chi connectivity index (χ0v) is 15.9. The lowest BCUT2D eigenvalue weighted by Crippen LogP contribution is -2.26. The van der Waals surface area contributed by atoms with Crippen molar-refractivity contribution in [3.05, 3.63) is 77.6 Å². The number of aromatic nitrogens is 3. The van der Waals surface area contributed by atoms with E-state index >= 15 is 0 Å². The van der Waals surface area contributed by atoms with Gasteiger partial charge >= 0.3 is 0 Å². The summed E-state index contributed by atoms with van der Waals surface area (Å²) < 4.78 is 20.4. The van der Waals surface area contributed by atoms with Crippen LogP contribution in [0.5, 0.6) is 0 Å². The number of carbonyl (C=O) groups is 1. The first kappa shape index (κ1) is 19.7. The van der Waals surface area contributed by atoms with Crippen molar-refractivity contribution in [2.24, 2.45) is 0 Å². The molecule has 7 heteroatoms. The Morgan fingerprint density at radius 1 is 1.18 bits per heavy atom. The van der Waals surface area contributed by atoms with Gasteiger partial charge in [0.1, 0.15) is 11.6 Å². The summed E-state index contributed by atoms with van der Waals surface area (Å²) in [5.74, 6) is -0.0412. The van der Waals surface area contributed by atoms with E-state index in [-0.39, 0.29) is 23.7 Å². The molecule has 0 radical (unpaired) electrons. The summed E-state index contributed by atoms with van der Waals surface area (Å²) in [5, 5.41) is 7.01. The summed E-state index contributed by atoms with van der Waals surface area (Å²) in [7, 11) is 0. The highest BCUT2D eigenvalue weighted by Gasteiger charge is 2.15. The average molecular weight is 382 g/mol. The highest BCUT2D eigenvalue weighted by Crippen LogP contribution is 2.15. The maximum absolute atomic E-state index is 13.1. The van der Waals surface area contributed by atoms with Gasteiger partial charge in [-0.3, -0.25) is 4.79 Å². The van der Waals surface area contributed by atoms with Gasteiger partial charge in [0.15, 0.2) is 0 Å². The molecule has 2 aromatic carbocycles. The highest BCUT2D eigenvalue weighted by atomic mass is 19.1. The topological polar surface area (TPSA) is 69.0 Å². The second-order valence-electron chi connectivity index (χ2n) is 6.40. The summed E-state index contributed by atoms with van der Waals surface area (Å²) in [6.45, 7) is 4.74. The van der Waals surface area contributed by atoms with E-state index < -0.39 is 0 Å². The van der Waals surface area contributed by atoms with Crippen LogP contribution in [0.15, 0.2) is 54.6 Å². The van der Waals surface area contributed by atoms with Crippen LogP contribution in [0.1, 0.15) is 41.5 Å². The number of aryl methyl sites for hydroxylation is 1. The Bertz CT molecular complexity index is 910. The number of nitrogens with one attached hydrogen (secondary N) is 1. The van der Waals surface area contributed by atoms with Gasteiger partial charge in [-0.15, -0.1) is 5.10 Å². The van der Waals surface area contributed by atoms with Crippen LogP contribution in [-0.2, 0) is 4.74 Å². The molecular weight excluding hydrogens is 359 g/mol. The Hall–Kier alpha value is -3.06. The van der Waals surface area contributed by atoms with E-state index in [9.17, 15) is 9.18 Å². The predicted molar refractivity (Wildman–Crippen MR) is 104 cm³/mol. The van der Waals surface area contributed by atoms with Crippen LogP contribution >= 0.6 is 0 Å². The molecule has 0 aliphatic heterocycles. The smallest absolute Gasteiger partial charge is 0.290 e. The molecule has 0 fully saturated rings. The SMILES string of the molecule is Cc1nc(C(=O)NCCCO[C@H](C)c2ccccc2)nn1-c1ccc(F)cc1. The minimum Gasteiger partial charge on any atom is -0.374 e. The summed E-state index contributed by atoms with van der Waals surface area (Å²) in [6, 6.07) is 15.8. The van der Waals surface area contributed by atoms with Crippen molar-refractivity contribution in [2.75, 3.05) is 13.2 Å². The number of hydrogen-bond acceptors (Lipinski definition) is 4. The van der Waals surface area contributed by atoms with Crippen molar-refractivity contribution in [2.45, 2.75) is 26.4 Å². The van der Waals surface area contributed by atoms with Crippen molar-refractivity contribution in [3.63, 3.8) is 0 Å². The lowest BCUT2D eigenvalue weighted by atomic mass is 10.1. The molecule has 1 atom stereocenters. The Kier molecular flexibility index (Phi) is 6.49. The van der Waals surface area contributed by atoms with Gasteiger partial charge in [0.05, 0.1) is 11.8 Å². The van der Waals surface area contributed by atoms with Crippen molar-refractivity contribution in [3.8, 4) is 5.69 Å². The van der Waals surface area contributed by atoms with Gasteiger partial charge in [-0.2, -0.15) is 0 Å². The Morgan fingerprint density at radius 3 is 2.61 bits per heavy atom. The second kappa shape index (κ2) is 9.23. The Morgan fingerprint density at radius 2 is 1.89 bits per heavy atom. The number of amides is 1. The number of nitrogens with zero attached hydrogens (tertiary/aromatic N) is 3. The van der Waals surface area contributed by atoms with Crippen LogP contribution < -0.4 is 5.32 Å². The average Bonchev–Trinajstić information content (AvgIpc) is 3.10. The van der Waals surface area contributed by atoms with Gasteiger partial charge < -0.3 is 10.1 Å². The number of ether oxygens (including phenoxy) is 1. The summed E-state index contributed by atoms with van der Waals surface area (Å²) in [4.78, 5) is 16.5. The quantitative estimate of drug-likeness (QED) is 0.604. The van der Waals surface area contributed by atoms with Crippen LogP contribution in [0.4, 0.5) is 4.39 Å². The van der Waals surface area contributed by atoms with E-state index in [0.717, 1.165) is 5.56 Å². The van der Waals surface area contributed by atoms with Crippen LogP contribution in [0.25, 0.3) is 5.69 Å². The largest absolute Gasteiger partial charge is 0.374 e. The molecule has 3 aromatic rings. The summed E-state index contributed by atoms with van der Waals surface area (Å²) in [5.41, 5.74) is 1.77. The van der Waals surface area contributed by atoms with Crippen molar-refractivity contribution in [1.29, 1.82) is 0 Å². The molecule has 6 nitrogen and oxygen atoms in total. The third kappa shape index (κ3) is 5.01. The minimum absolute atomic E-state index is 0.00706. The summed E-state index contributed by atoms with van der Waals surface area (Å²) >= 11 is 0. The molecule has 1 heterocycles. The van der Waals surface area contributed by atoms with E-state index in [1.807, 2.05) is 37.3 Å². The first-order valence-electron chi connectivity index (χ1n) is 9.19. The van der Waals surface area contributed by atoms with Gasteiger partial charge in [0.25, 0.3) is 5.91 Å². The third-order valence-electron chi connectivity index (χ3n) is 4.29. The lowest BCUT2D eigenvalue weighted by Gasteiger charge is -2.13. The monoisotopic (exact) mass is 382 g/mol. The van der Waals surface area contributed by atoms with Crippen LogP contribution in [0.3, 0.4) is 0 Å². The zero-order valence-electron chi connectivity index (χ0n) is 15.9. The molecule has 0 saturated heterocycles. The lowest BCUT2D eigenvalue weighted by molar-refractivity contribution is 0.0634. The fraction of sp³-hybridized carbons (Fsp3) is 0.286. The van der Waals surface area contributed by atoms with Gasteiger partial charge in [-0.1, -0.05) is 30.3 Å². The molecular formula is C21H23FN4O2. The fourth-order valence-corrected chi connectivity index (χ4v) is 2.75. The molecule has 1 amide bonds. The normalized spacial score (nSPS) is 12.0. The minimum atomic E-state index is -0.347. The van der Waals surface area contributed by atoms with Gasteiger partial charge in [-0.05, 0) is 50.1 Å². The molecule has 28 heavy (non-hydrogen) atoms. The maximum atomic E-state index is 13.1. The van der Waals surface area contributed by atoms with Gasteiger partial charge in [-0.25, -0.2) is 14.1 Å². The second-order valence-corrected chi connectivity index (χ2v) is 6.40. The van der Waals surface area contributed by atoms with E-state index in [1.54, 1.807) is 19.1 Å². The number of hydrogen-bond donors (Lipinski definition) is 1. The first-order chi connectivity index (χ1) is 13.5. The molecule has 146 valence electrons.